The van der Waals surface area contributed by atoms with Crippen molar-refractivity contribution in [3.63, 3.8) is 0 Å². The Morgan fingerprint density at radius 1 is 1.13 bits per heavy atom. The van der Waals surface area contributed by atoms with Gasteiger partial charge in [-0.3, -0.25) is 9.59 Å². The molecule has 2 amide bonds. The Labute approximate surface area is 189 Å². The van der Waals surface area contributed by atoms with Gasteiger partial charge in [-0.15, -0.1) is 11.3 Å². The van der Waals surface area contributed by atoms with Crippen molar-refractivity contribution in [1.29, 1.82) is 0 Å². The number of hydrogen-bond acceptors (Lipinski definition) is 4. The van der Waals surface area contributed by atoms with E-state index >= 15 is 0 Å². The molecule has 5 rings (SSSR count). The van der Waals surface area contributed by atoms with E-state index < -0.39 is 0 Å². The minimum absolute atomic E-state index is 0.188. The maximum absolute atomic E-state index is 13.3. The van der Waals surface area contributed by atoms with Gasteiger partial charge in [0.25, 0.3) is 11.8 Å². The van der Waals surface area contributed by atoms with E-state index in [2.05, 4.69) is 10.6 Å². The summed E-state index contributed by atoms with van der Waals surface area (Å²) in [6.45, 7) is 2.01. The quantitative estimate of drug-likeness (QED) is 0.521. The SMILES string of the molecule is Cc1ccc(NC(=O)c2c(N=C3C(=O)Nc4ccc(Cl)cc43)sc3c2CCCC3)cc1. The maximum Gasteiger partial charge on any atom is 0.275 e. The smallest absolute Gasteiger partial charge is 0.275 e. The summed E-state index contributed by atoms with van der Waals surface area (Å²) in [5.74, 6) is -0.471. The predicted molar refractivity (Wildman–Crippen MR) is 126 cm³/mol. The highest BCUT2D eigenvalue weighted by Crippen LogP contribution is 2.41. The Kier molecular flexibility index (Phi) is 5.12. The lowest BCUT2D eigenvalue weighted by Gasteiger charge is -2.13. The van der Waals surface area contributed by atoms with Gasteiger partial charge >= 0.3 is 0 Å². The summed E-state index contributed by atoms with van der Waals surface area (Å²) in [4.78, 5) is 31.8. The number of aryl methyl sites for hydroxylation is 2. The third-order valence-corrected chi connectivity index (χ3v) is 7.02. The van der Waals surface area contributed by atoms with E-state index in [4.69, 9.17) is 16.6 Å². The van der Waals surface area contributed by atoms with Gasteiger partial charge in [0.15, 0.2) is 0 Å². The lowest BCUT2D eigenvalue weighted by atomic mass is 9.95. The summed E-state index contributed by atoms with van der Waals surface area (Å²) in [7, 11) is 0. The Morgan fingerprint density at radius 2 is 1.90 bits per heavy atom. The first-order valence-electron chi connectivity index (χ1n) is 10.2. The Balaban J connectivity index is 1.58. The molecule has 156 valence electrons. The minimum Gasteiger partial charge on any atom is -0.322 e. The first kappa shape index (κ1) is 20.0. The molecular weight excluding hydrogens is 430 g/mol. The minimum atomic E-state index is -0.284. The summed E-state index contributed by atoms with van der Waals surface area (Å²) in [5, 5.41) is 6.94. The van der Waals surface area contributed by atoms with Gasteiger partial charge < -0.3 is 10.6 Å². The van der Waals surface area contributed by atoms with Gasteiger partial charge in [-0.25, -0.2) is 4.99 Å². The largest absolute Gasteiger partial charge is 0.322 e. The molecule has 1 aromatic heterocycles. The average Bonchev–Trinajstić information content (AvgIpc) is 3.27. The molecule has 2 heterocycles. The number of nitrogens with one attached hydrogen (secondary N) is 2. The zero-order valence-electron chi connectivity index (χ0n) is 16.9. The molecule has 7 heteroatoms. The molecule has 2 N–H and O–H groups in total. The summed E-state index contributed by atoms with van der Waals surface area (Å²) in [6.07, 6.45) is 3.93. The molecule has 0 spiro atoms. The van der Waals surface area contributed by atoms with Gasteiger partial charge in [0.05, 0.1) is 11.3 Å². The summed E-state index contributed by atoms with van der Waals surface area (Å²) in [6, 6.07) is 12.9. The number of aliphatic imine (C=N–C) groups is 1. The summed E-state index contributed by atoms with van der Waals surface area (Å²) in [5.41, 5.74) is 5.14. The van der Waals surface area contributed by atoms with Gasteiger partial charge in [0, 0.05) is 21.2 Å². The van der Waals surface area contributed by atoms with E-state index in [0.717, 1.165) is 42.5 Å². The molecule has 0 saturated heterocycles. The highest BCUT2D eigenvalue weighted by atomic mass is 35.5. The standard InChI is InChI=1S/C24H20ClN3O2S/c1-13-6-9-15(10-7-13)26-22(29)20-16-4-2-3-5-19(16)31-24(20)28-21-17-12-14(25)8-11-18(17)27-23(21)30/h6-12H,2-5H2,1H3,(H,26,29)(H,27,28,30). The third kappa shape index (κ3) is 3.77. The molecule has 2 aliphatic rings. The van der Waals surface area contributed by atoms with E-state index in [1.807, 2.05) is 31.2 Å². The first-order chi connectivity index (χ1) is 15.0. The number of carbonyl (C=O) groups is 2. The number of benzene rings is 2. The second-order valence-corrected chi connectivity index (χ2v) is 9.34. The number of carbonyl (C=O) groups excluding carboxylic acids is 2. The fraction of sp³-hybridized carbons (Fsp3) is 0.208. The number of hydrogen-bond donors (Lipinski definition) is 2. The van der Waals surface area contributed by atoms with Crippen molar-refractivity contribution in [2.45, 2.75) is 32.6 Å². The van der Waals surface area contributed by atoms with Crippen LogP contribution in [0.5, 0.6) is 0 Å². The highest BCUT2D eigenvalue weighted by molar-refractivity contribution is 7.16. The number of amides is 2. The Bertz CT molecular complexity index is 1240. The van der Waals surface area contributed by atoms with Crippen LogP contribution in [0.15, 0.2) is 47.5 Å². The second kappa shape index (κ2) is 7.94. The zero-order chi connectivity index (χ0) is 21.5. The van der Waals surface area contributed by atoms with Crippen LogP contribution in [0.3, 0.4) is 0 Å². The van der Waals surface area contributed by atoms with Crippen LogP contribution in [0.25, 0.3) is 0 Å². The van der Waals surface area contributed by atoms with Crippen LogP contribution in [-0.4, -0.2) is 17.5 Å². The molecule has 0 fully saturated rings. The summed E-state index contributed by atoms with van der Waals surface area (Å²) >= 11 is 7.66. The van der Waals surface area contributed by atoms with Crippen molar-refractivity contribution in [3.8, 4) is 0 Å². The molecule has 31 heavy (non-hydrogen) atoms. The number of rotatable bonds is 3. The molecule has 0 unspecified atom stereocenters. The topological polar surface area (TPSA) is 70.6 Å². The van der Waals surface area contributed by atoms with Crippen LogP contribution in [0.2, 0.25) is 5.02 Å². The molecule has 0 radical (unpaired) electrons. The molecule has 1 aliphatic heterocycles. The van der Waals surface area contributed by atoms with Crippen molar-refractivity contribution in [3.05, 3.63) is 74.6 Å². The van der Waals surface area contributed by atoms with Crippen molar-refractivity contribution in [2.75, 3.05) is 10.6 Å². The molecule has 0 atom stereocenters. The van der Waals surface area contributed by atoms with E-state index in [0.29, 0.717) is 32.5 Å². The molecular formula is C24H20ClN3O2S. The number of nitrogens with zero attached hydrogens (tertiary/aromatic N) is 1. The number of thiophene rings is 1. The van der Waals surface area contributed by atoms with Gasteiger partial charge in [0.2, 0.25) is 0 Å². The van der Waals surface area contributed by atoms with Gasteiger partial charge in [-0.05, 0) is 68.5 Å². The monoisotopic (exact) mass is 449 g/mol. The lowest BCUT2D eigenvalue weighted by Crippen LogP contribution is -2.16. The zero-order valence-corrected chi connectivity index (χ0v) is 18.5. The number of anilines is 2. The highest BCUT2D eigenvalue weighted by Gasteiger charge is 2.30. The van der Waals surface area contributed by atoms with Crippen LogP contribution in [0.1, 0.15) is 44.8 Å². The van der Waals surface area contributed by atoms with Crippen molar-refractivity contribution < 1.29 is 9.59 Å². The van der Waals surface area contributed by atoms with E-state index in [9.17, 15) is 9.59 Å². The molecule has 0 saturated carbocycles. The van der Waals surface area contributed by atoms with Crippen LogP contribution in [-0.2, 0) is 17.6 Å². The second-order valence-electron chi connectivity index (χ2n) is 7.82. The third-order valence-electron chi connectivity index (χ3n) is 5.60. The number of halogens is 1. The molecule has 0 bridgehead atoms. The summed E-state index contributed by atoms with van der Waals surface area (Å²) < 4.78 is 0. The van der Waals surface area contributed by atoms with E-state index in [1.165, 1.54) is 16.2 Å². The predicted octanol–water partition coefficient (Wildman–Crippen LogP) is 5.91. The normalized spacial score (nSPS) is 16.1. The van der Waals surface area contributed by atoms with Crippen molar-refractivity contribution >= 4 is 56.8 Å². The fourth-order valence-corrected chi connectivity index (χ4v) is 5.47. The van der Waals surface area contributed by atoms with E-state index in [1.54, 1.807) is 18.2 Å². The van der Waals surface area contributed by atoms with Crippen LogP contribution < -0.4 is 10.6 Å². The van der Waals surface area contributed by atoms with Crippen LogP contribution >= 0.6 is 22.9 Å². The fourth-order valence-electron chi connectivity index (χ4n) is 4.03. The Hall–Kier alpha value is -2.96. The van der Waals surface area contributed by atoms with Gasteiger partial charge in [-0.2, -0.15) is 0 Å². The number of fused-ring (bicyclic) bond motifs is 2. The molecule has 2 aromatic carbocycles. The van der Waals surface area contributed by atoms with Crippen LogP contribution in [0, 0.1) is 6.92 Å². The lowest BCUT2D eigenvalue weighted by molar-refractivity contribution is -0.110. The molecule has 5 nitrogen and oxygen atoms in total. The van der Waals surface area contributed by atoms with Crippen molar-refractivity contribution in [2.24, 2.45) is 4.99 Å². The van der Waals surface area contributed by atoms with Crippen LogP contribution in [0.4, 0.5) is 16.4 Å². The first-order valence-corrected chi connectivity index (χ1v) is 11.4. The van der Waals surface area contributed by atoms with Gasteiger partial charge in [-0.1, -0.05) is 29.3 Å². The average molecular weight is 450 g/mol. The molecule has 1 aliphatic carbocycles. The van der Waals surface area contributed by atoms with E-state index in [-0.39, 0.29) is 11.8 Å². The Morgan fingerprint density at radius 3 is 2.71 bits per heavy atom. The van der Waals surface area contributed by atoms with Crippen molar-refractivity contribution in [1.82, 2.24) is 0 Å². The maximum atomic E-state index is 13.3. The molecule has 3 aromatic rings. The van der Waals surface area contributed by atoms with Gasteiger partial charge in [0.1, 0.15) is 10.7 Å².